The lowest BCUT2D eigenvalue weighted by atomic mass is 9.84. The summed E-state index contributed by atoms with van der Waals surface area (Å²) in [6.45, 7) is 6.53. The summed E-state index contributed by atoms with van der Waals surface area (Å²) in [5, 5.41) is 3.66. The molecule has 3 nitrogen and oxygen atoms in total. The van der Waals surface area contributed by atoms with Gasteiger partial charge in [0.15, 0.2) is 0 Å². The van der Waals surface area contributed by atoms with Crippen LogP contribution in [-0.4, -0.2) is 32.5 Å². The minimum atomic E-state index is 0.0252. The lowest BCUT2D eigenvalue weighted by Gasteiger charge is -2.34. The molecule has 1 N–H and O–H groups in total. The normalized spacial score (nSPS) is 22.0. The fraction of sp³-hybridized carbons (Fsp3) is 0.600. The molecular formula is C15H23NO2. The van der Waals surface area contributed by atoms with Crippen molar-refractivity contribution in [2.24, 2.45) is 5.92 Å². The number of hydrogen-bond donors (Lipinski definition) is 1. The second-order valence-corrected chi connectivity index (χ2v) is 5.32. The first kappa shape index (κ1) is 13.4. The van der Waals surface area contributed by atoms with Gasteiger partial charge in [-0.2, -0.15) is 0 Å². The van der Waals surface area contributed by atoms with Gasteiger partial charge < -0.3 is 14.8 Å². The van der Waals surface area contributed by atoms with Gasteiger partial charge in [-0.25, -0.2) is 0 Å². The Balaban J connectivity index is 2.03. The quantitative estimate of drug-likeness (QED) is 0.786. The molecule has 18 heavy (non-hydrogen) atoms. The zero-order valence-electron chi connectivity index (χ0n) is 11.5. The number of benzene rings is 1. The van der Waals surface area contributed by atoms with Gasteiger partial charge in [0.25, 0.3) is 0 Å². The molecule has 1 aromatic carbocycles. The molecule has 0 saturated heterocycles. The van der Waals surface area contributed by atoms with E-state index in [4.69, 9.17) is 9.47 Å². The zero-order valence-corrected chi connectivity index (χ0v) is 11.5. The first-order chi connectivity index (χ1) is 8.68. The summed E-state index contributed by atoms with van der Waals surface area (Å²) in [7, 11) is 1.70. The molecule has 0 radical (unpaired) electrons. The van der Waals surface area contributed by atoms with Crippen molar-refractivity contribution >= 4 is 5.69 Å². The predicted octanol–water partition coefficient (Wildman–Crippen LogP) is 2.71. The summed E-state index contributed by atoms with van der Waals surface area (Å²) in [4.78, 5) is 0. The van der Waals surface area contributed by atoms with Crippen molar-refractivity contribution in [1.82, 2.24) is 0 Å². The van der Waals surface area contributed by atoms with Gasteiger partial charge in [-0.1, -0.05) is 32.0 Å². The van der Waals surface area contributed by atoms with Crippen molar-refractivity contribution in [1.29, 1.82) is 0 Å². The summed E-state index contributed by atoms with van der Waals surface area (Å²) in [6, 6.07) is 8.52. The predicted molar refractivity (Wildman–Crippen MR) is 74.0 cm³/mol. The van der Waals surface area contributed by atoms with Crippen LogP contribution in [0.5, 0.6) is 0 Å². The van der Waals surface area contributed by atoms with Gasteiger partial charge in [0.2, 0.25) is 0 Å². The van der Waals surface area contributed by atoms with Crippen molar-refractivity contribution in [3.05, 3.63) is 29.8 Å². The molecule has 0 amide bonds. The molecule has 0 aliphatic carbocycles. The van der Waals surface area contributed by atoms with Crippen LogP contribution in [0.25, 0.3) is 0 Å². The number of nitrogens with one attached hydrogen (secondary N) is 1. The third-order valence-electron chi connectivity index (χ3n) is 3.80. The second kappa shape index (κ2) is 5.72. The minimum Gasteiger partial charge on any atom is -0.382 e. The van der Waals surface area contributed by atoms with Crippen LogP contribution in [0.15, 0.2) is 24.3 Å². The summed E-state index contributed by atoms with van der Waals surface area (Å²) >= 11 is 0. The highest BCUT2D eigenvalue weighted by atomic mass is 16.5. The summed E-state index contributed by atoms with van der Waals surface area (Å²) in [5.74, 6) is 0.521. The van der Waals surface area contributed by atoms with Crippen LogP contribution in [0.1, 0.15) is 19.4 Å². The van der Waals surface area contributed by atoms with Crippen LogP contribution in [0.2, 0.25) is 0 Å². The van der Waals surface area contributed by atoms with Crippen LogP contribution in [-0.2, 0) is 15.9 Å². The third kappa shape index (κ3) is 2.68. The minimum absolute atomic E-state index is 0.0252. The number of rotatable bonds is 6. The Bertz CT molecular complexity index is 365. The van der Waals surface area contributed by atoms with E-state index >= 15 is 0 Å². The first-order valence-corrected chi connectivity index (χ1v) is 6.61. The van der Waals surface area contributed by atoms with Crippen LogP contribution in [0.4, 0.5) is 5.69 Å². The number of ether oxygens (including phenoxy) is 2. The van der Waals surface area contributed by atoms with E-state index in [1.54, 1.807) is 7.11 Å². The third-order valence-corrected chi connectivity index (χ3v) is 3.80. The monoisotopic (exact) mass is 249 g/mol. The molecule has 2 rings (SSSR count). The number of anilines is 1. The van der Waals surface area contributed by atoms with E-state index in [0.29, 0.717) is 19.1 Å². The van der Waals surface area contributed by atoms with E-state index in [0.717, 1.165) is 13.0 Å². The molecule has 1 atom stereocenters. The molecule has 1 unspecified atom stereocenters. The Morgan fingerprint density at radius 2 is 2.06 bits per heavy atom. The average Bonchev–Trinajstić information content (AvgIpc) is 2.74. The highest BCUT2D eigenvalue weighted by Gasteiger charge is 2.39. The zero-order chi connectivity index (χ0) is 13.0. The molecule has 0 spiro atoms. The van der Waals surface area contributed by atoms with Crippen LogP contribution in [0, 0.1) is 5.92 Å². The molecular weight excluding hydrogens is 226 g/mol. The second-order valence-electron chi connectivity index (χ2n) is 5.32. The molecule has 1 heterocycles. The largest absolute Gasteiger partial charge is 0.382 e. The van der Waals surface area contributed by atoms with Gasteiger partial charge >= 0.3 is 0 Å². The fourth-order valence-electron chi connectivity index (χ4n) is 2.45. The molecule has 0 bridgehead atoms. The summed E-state index contributed by atoms with van der Waals surface area (Å²) in [6.07, 6.45) is 1.04. The highest BCUT2D eigenvalue weighted by molar-refractivity contribution is 5.59. The molecule has 100 valence electrons. The van der Waals surface area contributed by atoms with E-state index in [2.05, 4.69) is 43.4 Å². The van der Waals surface area contributed by atoms with Gasteiger partial charge in [0.1, 0.15) is 0 Å². The van der Waals surface area contributed by atoms with E-state index in [1.807, 2.05) is 0 Å². The topological polar surface area (TPSA) is 30.5 Å². The lowest BCUT2D eigenvalue weighted by molar-refractivity contribution is 0.0387. The number of hydrogen-bond acceptors (Lipinski definition) is 3. The Morgan fingerprint density at radius 1 is 1.28 bits per heavy atom. The van der Waals surface area contributed by atoms with Crippen LogP contribution >= 0.6 is 0 Å². The van der Waals surface area contributed by atoms with E-state index < -0.39 is 0 Å². The lowest BCUT2D eigenvalue weighted by Crippen LogP contribution is -2.46. The maximum atomic E-state index is 5.77. The number of methoxy groups -OCH3 is 1. The molecule has 1 aliphatic heterocycles. The number of para-hydroxylation sites is 1. The molecule has 0 aromatic heterocycles. The molecule has 0 fully saturated rings. The van der Waals surface area contributed by atoms with Crippen molar-refractivity contribution in [2.45, 2.75) is 25.8 Å². The van der Waals surface area contributed by atoms with Crippen molar-refractivity contribution in [3.8, 4) is 0 Å². The van der Waals surface area contributed by atoms with Crippen LogP contribution in [0.3, 0.4) is 0 Å². The van der Waals surface area contributed by atoms with Crippen molar-refractivity contribution < 1.29 is 9.47 Å². The molecule has 0 saturated carbocycles. The summed E-state index contributed by atoms with van der Waals surface area (Å²) in [5.41, 5.74) is 2.67. The van der Waals surface area contributed by atoms with Gasteiger partial charge in [0, 0.05) is 12.8 Å². The Kier molecular flexibility index (Phi) is 4.25. The van der Waals surface area contributed by atoms with Gasteiger partial charge in [-0.3, -0.25) is 0 Å². The molecule has 1 aliphatic rings. The first-order valence-electron chi connectivity index (χ1n) is 6.61. The fourth-order valence-corrected chi connectivity index (χ4v) is 2.45. The average molecular weight is 249 g/mol. The SMILES string of the molecule is COCCOCC1(C(C)C)Cc2ccccc2N1. The van der Waals surface area contributed by atoms with E-state index in [9.17, 15) is 0 Å². The molecule has 1 aromatic rings. The van der Waals surface area contributed by atoms with Gasteiger partial charge in [-0.05, 0) is 24.0 Å². The molecule has 3 heteroatoms. The Hall–Kier alpha value is -1.06. The highest BCUT2D eigenvalue weighted by Crippen LogP contribution is 2.37. The Labute approximate surface area is 109 Å². The van der Waals surface area contributed by atoms with E-state index in [-0.39, 0.29) is 5.54 Å². The van der Waals surface area contributed by atoms with Crippen LogP contribution < -0.4 is 5.32 Å². The maximum Gasteiger partial charge on any atom is 0.0703 e. The number of fused-ring (bicyclic) bond motifs is 1. The van der Waals surface area contributed by atoms with Crippen molar-refractivity contribution in [3.63, 3.8) is 0 Å². The Morgan fingerprint density at radius 3 is 2.72 bits per heavy atom. The summed E-state index contributed by atoms with van der Waals surface area (Å²) < 4.78 is 10.8. The van der Waals surface area contributed by atoms with Gasteiger partial charge in [-0.15, -0.1) is 0 Å². The van der Waals surface area contributed by atoms with E-state index in [1.165, 1.54) is 11.3 Å². The smallest absolute Gasteiger partial charge is 0.0703 e. The van der Waals surface area contributed by atoms with Crippen molar-refractivity contribution in [2.75, 3.05) is 32.2 Å². The van der Waals surface area contributed by atoms with Gasteiger partial charge in [0.05, 0.1) is 25.4 Å². The standard InChI is InChI=1S/C15H23NO2/c1-12(2)15(11-18-9-8-17-3)10-13-6-4-5-7-14(13)16-15/h4-7,12,16H,8-11H2,1-3H3. The maximum absolute atomic E-state index is 5.77.